The maximum atomic E-state index is 14.7. The van der Waals surface area contributed by atoms with Crippen LogP contribution in [0.25, 0.3) is 21.3 Å². The van der Waals surface area contributed by atoms with Gasteiger partial charge >= 0.3 is 5.69 Å². The van der Waals surface area contributed by atoms with Crippen LogP contribution in [0.2, 0.25) is 0 Å². The number of aliphatic hydroxyl groups is 1. The summed E-state index contributed by atoms with van der Waals surface area (Å²) in [7, 11) is 0. The summed E-state index contributed by atoms with van der Waals surface area (Å²) in [6.45, 7) is 7.52. The highest BCUT2D eigenvalue weighted by molar-refractivity contribution is 7.19. The van der Waals surface area contributed by atoms with Gasteiger partial charge < -0.3 is 5.11 Å². The minimum Gasteiger partial charge on any atom is -0.392 e. The third kappa shape index (κ3) is 4.02. The molecule has 0 bridgehead atoms. The topological polar surface area (TPSA) is 92.9 Å². The molecule has 0 saturated heterocycles. The van der Waals surface area contributed by atoms with E-state index in [-0.39, 0.29) is 23.2 Å². The number of aryl methyl sites for hydroxylation is 2. The lowest BCUT2D eigenvalue weighted by atomic mass is 9.97. The molecule has 36 heavy (non-hydrogen) atoms. The van der Waals surface area contributed by atoms with Crippen LogP contribution < -0.4 is 11.2 Å². The van der Waals surface area contributed by atoms with E-state index >= 15 is 0 Å². The Hall–Kier alpha value is -3.11. The van der Waals surface area contributed by atoms with Crippen molar-refractivity contribution in [2.75, 3.05) is 0 Å². The molecule has 0 radical (unpaired) electrons. The normalized spacial score (nSPS) is 13.9. The van der Waals surface area contributed by atoms with Crippen molar-refractivity contribution in [3.05, 3.63) is 72.0 Å². The molecule has 1 fully saturated rings. The second kappa shape index (κ2) is 9.08. The largest absolute Gasteiger partial charge is 0.392 e. The van der Waals surface area contributed by atoms with Crippen LogP contribution >= 0.6 is 11.3 Å². The number of hydrogen-bond donors (Lipinski definition) is 2. The number of aliphatic hydroxyl groups excluding tert-OH is 1. The first-order valence-electron chi connectivity index (χ1n) is 12.0. The summed E-state index contributed by atoms with van der Waals surface area (Å²) in [6, 6.07) is 2.30. The number of hydrogen-bond acceptors (Lipinski definition) is 5. The third-order valence-electron chi connectivity index (χ3n) is 6.72. The molecular formula is C26H28F2N4O3S. The molecule has 10 heteroatoms. The average Bonchev–Trinajstić information content (AvgIpc) is 3.51. The maximum absolute atomic E-state index is 14.7. The van der Waals surface area contributed by atoms with Crippen molar-refractivity contribution in [3.8, 4) is 11.1 Å². The number of nitrogens with one attached hydrogen (secondary N) is 1. The van der Waals surface area contributed by atoms with Crippen LogP contribution in [0.1, 0.15) is 60.1 Å². The Morgan fingerprint density at radius 2 is 1.94 bits per heavy atom. The number of benzene rings is 1. The van der Waals surface area contributed by atoms with Crippen LogP contribution in [0, 0.1) is 31.4 Å². The summed E-state index contributed by atoms with van der Waals surface area (Å²) < 4.78 is 31.9. The predicted octanol–water partition coefficient (Wildman–Crippen LogP) is 4.58. The van der Waals surface area contributed by atoms with E-state index in [4.69, 9.17) is 0 Å². The van der Waals surface area contributed by atoms with Crippen LogP contribution in [0.3, 0.4) is 0 Å². The number of nitrogens with zero attached hydrogens (tertiary/aromatic N) is 3. The molecule has 0 unspecified atom stereocenters. The quantitative estimate of drug-likeness (QED) is 0.378. The van der Waals surface area contributed by atoms with Gasteiger partial charge in [0.25, 0.3) is 5.56 Å². The minimum absolute atomic E-state index is 0.146. The van der Waals surface area contributed by atoms with Gasteiger partial charge in [-0.25, -0.2) is 13.6 Å². The van der Waals surface area contributed by atoms with Crippen LogP contribution in [-0.2, 0) is 19.6 Å². The second-order valence-corrected chi connectivity index (χ2v) is 11.0. The van der Waals surface area contributed by atoms with Crippen molar-refractivity contribution in [2.45, 2.75) is 66.2 Å². The summed E-state index contributed by atoms with van der Waals surface area (Å²) in [5.41, 5.74) is 2.44. The molecule has 1 aromatic carbocycles. The van der Waals surface area contributed by atoms with Gasteiger partial charge in [0.05, 0.1) is 17.7 Å². The predicted molar refractivity (Wildman–Crippen MR) is 136 cm³/mol. The van der Waals surface area contributed by atoms with Crippen molar-refractivity contribution in [1.82, 2.24) is 19.3 Å². The first kappa shape index (κ1) is 24.6. The van der Waals surface area contributed by atoms with Crippen LogP contribution in [0.4, 0.5) is 8.78 Å². The van der Waals surface area contributed by atoms with E-state index in [1.165, 1.54) is 22.0 Å². The minimum atomic E-state index is -1.11. The fourth-order valence-electron chi connectivity index (χ4n) is 4.79. The molecule has 1 saturated carbocycles. The van der Waals surface area contributed by atoms with E-state index in [1.807, 2.05) is 27.7 Å². The van der Waals surface area contributed by atoms with Gasteiger partial charge in [-0.2, -0.15) is 5.10 Å². The van der Waals surface area contributed by atoms with Crippen LogP contribution in [-0.4, -0.2) is 24.4 Å². The van der Waals surface area contributed by atoms with E-state index in [1.54, 1.807) is 4.57 Å². The van der Waals surface area contributed by atoms with E-state index < -0.39 is 23.8 Å². The summed E-state index contributed by atoms with van der Waals surface area (Å²) in [5, 5.41) is 17.2. The van der Waals surface area contributed by atoms with Gasteiger partial charge in [-0.3, -0.25) is 19.0 Å². The molecule has 0 atom stereocenters. The molecule has 0 spiro atoms. The number of halogens is 2. The first-order chi connectivity index (χ1) is 17.1. The van der Waals surface area contributed by atoms with Crippen LogP contribution in [0.15, 0.2) is 21.7 Å². The molecule has 190 valence electrons. The lowest BCUT2D eigenvalue weighted by molar-refractivity contribution is 0.273. The number of H-pyrrole nitrogens is 1. The fourth-order valence-corrected chi connectivity index (χ4v) is 6.12. The molecule has 3 heterocycles. The smallest absolute Gasteiger partial charge is 0.332 e. The Bertz CT molecular complexity index is 1590. The summed E-state index contributed by atoms with van der Waals surface area (Å²) in [4.78, 5) is 28.6. The standard InChI is InChI=1S/C26H28F2N4O3S/c1-12(2)10-31-25-22(24(34)32(26(31)35)17-5-6-17)21(15-7-16(11-33)23(28)19(27)8-15)20(36-25)9-18-13(3)29-30-14(18)4/h7-8,12,17,33H,5-6,9-11H2,1-4H3,(H,29,30). The average molecular weight is 515 g/mol. The zero-order valence-corrected chi connectivity index (χ0v) is 21.4. The van der Waals surface area contributed by atoms with Gasteiger partial charge in [0.1, 0.15) is 4.83 Å². The van der Waals surface area contributed by atoms with Crippen molar-refractivity contribution in [3.63, 3.8) is 0 Å². The highest BCUT2D eigenvalue weighted by atomic mass is 32.1. The van der Waals surface area contributed by atoms with Gasteiger partial charge in [0.2, 0.25) is 0 Å². The molecule has 5 rings (SSSR count). The third-order valence-corrected chi connectivity index (χ3v) is 7.93. The van der Waals surface area contributed by atoms with Crippen molar-refractivity contribution < 1.29 is 13.9 Å². The Labute approximate surface area is 210 Å². The number of aromatic amines is 1. The van der Waals surface area contributed by atoms with Crippen molar-refractivity contribution in [2.24, 2.45) is 5.92 Å². The number of aromatic nitrogens is 4. The highest BCUT2D eigenvalue weighted by Gasteiger charge is 2.32. The van der Waals surface area contributed by atoms with Gasteiger partial charge in [-0.15, -0.1) is 11.3 Å². The summed E-state index contributed by atoms with van der Waals surface area (Å²) in [6.07, 6.45) is 1.90. The fraction of sp³-hybridized carbons (Fsp3) is 0.423. The van der Waals surface area contributed by atoms with E-state index in [0.717, 1.165) is 40.7 Å². The summed E-state index contributed by atoms with van der Waals surface area (Å²) >= 11 is 1.32. The lowest BCUT2D eigenvalue weighted by Gasteiger charge is -2.14. The molecular weight excluding hydrogens is 486 g/mol. The molecule has 0 aliphatic heterocycles. The molecule has 1 aliphatic carbocycles. The first-order valence-corrected chi connectivity index (χ1v) is 12.8. The Kier molecular flexibility index (Phi) is 6.20. The number of fused-ring (bicyclic) bond motifs is 1. The Morgan fingerprint density at radius 3 is 2.53 bits per heavy atom. The summed E-state index contributed by atoms with van der Waals surface area (Å²) in [5.74, 6) is -2.07. The highest BCUT2D eigenvalue weighted by Crippen LogP contribution is 2.41. The molecule has 1 aliphatic rings. The molecule has 3 aromatic heterocycles. The van der Waals surface area contributed by atoms with Gasteiger partial charge in [0.15, 0.2) is 11.6 Å². The van der Waals surface area contributed by atoms with Gasteiger partial charge in [0, 0.05) is 46.3 Å². The SMILES string of the molecule is Cc1n[nH]c(C)c1Cc1sc2c(c1-c1cc(F)c(F)c(CO)c1)c(=O)n(C1CC1)c(=O)n2CC(C)C. The van der Waals surface area contributed by atoms with Crippen molar-refractivity contribution >= 4 is 21.6 Å². The number of thiophene rings is 1. The zero-order chi connectivity index (χ0) is 25.9. The second-order valence-electron chi connectivity index (χ2n) is 9.95. The maximum Gasteiger partial charge on any atom is 0.332 e. The van der Waals surface area contributed by atoms with E-state index in [9.17, 15) is 23.5 Å². The Morgan fingerprint density at radius 1 is 1.22 bits per heavy atom. The monoisotopic (exact) mass is 514 g/mol. The molecule has 2 N–H and O–H groups in total. The Balaban J connectivity index is 1.90. The molecule has 7 nitrogen and oxygen atoms in total. The zero-order valence-electron chi connectivity index (χ0n) is 20.6. The van der Waals surface area contributed by atoms with Crippen LogP contribution in [0.5, 0.6) is 0 Å². The van der Waals surface area contributed by atoms with E-state index in [0.29, 0.717) is 34.3 Å². The van der Waals surface area contributed by atoms with Crippen molar-refractivity contribution in [1.29, 1.82) is 0 Å². The number of rotatable bonds is 7. The molecule has 4 aromatic rings. The van der Waals surface area contributed by atoms with Gasteiger partial charge in [-0.1, -0.05) is 13.8 Å². The van der Waals surface area contributed by atoms with E-state index in [2.05, 4.69) is 10.2 Å². The lowest BCUT2D eigenvalue weighted by Crippen LogP contribution is -2.40. The van der Waals surface area contributed by atoms with Gasteiger partial charge in [-0.05, 0) is 50.3 Å². The molecule has 0 amide bonds.